The zero-order chi connectivity index (χ0) is 47.0. The van der Waals surface area contributed by atoms with Crippen molar-refractivity contribution in [3.05, 3.63) is 0 Å². The molecule has 372 valence electrons. The van der Waals surface area contributed by atoms with Gasteiger partial charge in [-0.05, 0) is 168 Å². The van der Waals surface area contributed by atoms with Crippen molar-refractivity contribution in [2.24, 2.45) is 46.8 Å². The SMILES string of the molecule is CC(C)[C@H](CCC1CCC(C(=O)NCCCCCCNC(=O)[C@@H]2CC[C@@](C)([C@@H](C)C[C@@H](SCCN(C)C)C(C)C)C(CSCCN(C)C)C2)CC1SCCN(C)C)SCCN(C)C. The Morgan fingerprint density at radius 3 is 1.68 bits per heavy atom. The second-order valence-electron chi connectivity index (χ2n) is 21.7. The zero-order valence-corrected chi connectivity index (χ0v) is 46.7. The van der Waals surface area contributed by atoms with Gasteiger partial charge >= 0.3 is 0 Å². The molecule has 2 fully saturated rings. The maximum absolute atomic E-state index is 13.6. The highest BCUT2D eigenvalue weighted by atomic mass is 32.2. The molecule has 0 radical (unpaired) electrons. The molecule has 4 unspecified atom stereocenters. The van der Waals surface area contributed by atoms with Crippen molar-refractivity contribution in [1.82, 2.24) is 30.2 Å². The first-order valence-electron chi connectivity index (χ1n) is 25.4. The van der Waals surface area contributed by atoms with Crippen LogP contribution in [0, 0.1) is 46.8 Å². The number of nitrogens with one attached hydrogen (secondary N) is 2. The van der Waals surface area contributed by atoms with Crippen LogP contribution in [-0.2, 0) is 9.59 Å². The zero-order valence-electron chi connectivity index (χ0n) is 43.5. The number of unbranched alkanes of at least 4 members (excludes halogenated alkanes) is 3. The number of thioether (sulfide) groups is 4. The molecule has 0 bridgehead atoms. The molecule has 2 N–H and O–H groups in total. The minimum Gasteiger partial charge on any atom is -0.356 e. The summed E-state index contributed by atoms with van der Waals surface area (Å²) in [4.78, 5) is 36.3. The fraction of sp³-hybridized carbons (Fsp3) is 0.961. The fourth-order valence-corrected chi connectivity index (χ4v) is 15.8. The first kappa shape index (κ1) is 59.3. The summed E-state index contributed by atoms with van der Waals surface area (Å²) in [5.74, 6) is 9.96. The van der Waals surface area contributed by atoms with Crippen molar-refractivity contribution in [2.75, 3.05) is 124 Å². The van der Waals surface area contributed by atoms with Crippen LogP contribution in [0.5, 0.6) is 0 Å². The van der Waals surface area contributed by atoms with Crippen LogP contribution in [0.4, 0.5) is 0 Å². The first-order chi connectivity index (χ1) is 29.8. The van der Waals surface area contributed by atoms with Crippen LogP contribution in [0.3, 0.4) is 0 Å². The quantitative estimate of drug-likeness (QED) is 0.0610. The highest BCUT2D eigenvalue weighted by molar-refractivity contribution is 8.00. The van der Waals surface area contributed by atoms with E-state index in [1.165, 1.54) is 37.2 Å². The van der Waals surface area contributed by atoms with E-state index < -0.39 is 0 Å². The molecule has 0 aliphatic heterocycles. The standard InChI is InChI=1S/C51H102N6O2S4/c1-39(2)46(61-32-28-55(9)10)22-21-42-19-20-43(37-48(42)63-34-30-57(13)14)49(58)52-25-17-15-16-18-26-53-50(59)44-23-24-51(6,45(36-44)38-60-31-27-54(7)8)41(5)35-47(40(3)4)62-33-29-56(11)12/h39-48H,15-38H2,1-14H3,(H,52,58)(H,53,59)/t41-,42?,43?,44+,45?,46-,47+,48?,51-/m0/s1. The maximum atomic E-state index is 13.6. The molecule has 12 heteroatoms. The largest absolute Gasteiger partial charge is 0.356 e. The van der Waals surface area contributed by atoms with Gasteiger partial charge in [-0.15, -0.1) is 0 Å². The number of carbonyl (C=O) groups is 2. The second-order valence-corrected chi connectivity index (χ2v) is 26.8. The molecule has 0 aromatic carbocycles. The van der Waals surface area contributed by atoms with Crippen molar-refractivity contribution >= 4 is 58.9 Å². The molecule has 0 spiro atoms. The van der Waals surface area contributed by atoms with Crippen molar-refractivity contribution in [1.29, 1.82) is 0 Å². The summed E-state index contributed by atoms with van der Waals surface area (Å²) in [6.07, 6.45) is 14.5. The third-order valence-corrected chi connectivity index (χ3v) is 20.3. The molecule has 8 nitrogen and oxygen atoms in total. The molecule has 0 aromatic heterocycles. The predicted octanol–water partition coefficient (Wildman–Crippen LogP) is 10.0. The summed E-state index contributed by atoms with van der Waals surface area (Å²) >= 11 is 8.57. The lowest BCUT2D eigenvalue weighted by atomic mass is 9.58. The highest BCUT2D eigenvalue weighted by Crippen LogP contribution is 2.52. The molecule has 2 aliphatic rings. The number of hydrogen-bond acceptors (Lipinski definition) is 10. The summed E-state index contributed by atoms with van der Waals surface area (Å²) < 4.78 is 0. The molecule has 63 heavy (non-hydrogen) atoms. The van der Waals surface area contributed by atoms with Gasteiger partial charge in [0.05, 0.1) is 0 Å². The summed E-state index contributed by atoms with van der Waals surface area (Å²) in [6, 6.07) is 0. The fourth-order valence-electron chi connectivity index (χ4n) is 9.62. The average Bonchev–Trinajstić information content (AvgIpc) is 3.21. The van der Waals surface area contributed by atoms with Gasteiger partial charge in [-0.3, -0.25) is 9.59 Å². The molecule has 2 rings (SSSR count). The van der Waals surface area contributed by atoms with Gasteiger partial charge in [0.25, 0.3) is 0 Å². The van der Waals surface area contributed by atoms with Crippen LogP contribution in [0.2, 0.25) is 0 Å². The Bertz CT molecular complexity index is 1210. The van der Waals surface area contributed by atoms with Crippen molar-refractivity contribution < 1.29 is 9.59 Å². The van der Waals surface area contributed by atoms with Gasteiger partial charge in [0, 0.05) is 89.9 Å². The van der Waals surface area contributed by atoms with Gasteiger partial charge in [0.2, 0.25) is 11.8 Å². The normalized spacial score (nSPS) is 24.8. The summed E-state index contributed by atoms with van der Waals surface area (Å²) in [5.41, 5.74) is 0.264. The van der Waals surface area contributed by atoms with E-state index in [-0.39, 0.29) is 29.1 Å². The number of amides is 2. The van der Waals surface area contributed by atoms with Gasteiger partial charge in [0.1, 0.15) is 0 Å². The van der Waals surface area contributed by atoms with Crippen LogP contribution < -0.4 is 10.6 Å². The molecule has 9 atom stereocenters. The Morgan fingerprint density at radius 1 is 0.635 bits per heavy atom. The predicted molar refractivity (Wildman–Crippen MR) is 287 cm³/mol. The molecule has 0 saturated heterocycles. The Hall–Kier alpha value is 0.180. The van der Waals surface area contributed by atoms with Gasteiger partial charge < -0.3 is 30.2 Å². The monoisotopic (exact) mass is 959 g/mol. The van der Waals surface area contributed by atoms with Gasteiger partial charge in [-0.1, -0.05) is 54.4 Å². The van der Waals surface area contributed by atoms with Crippen molar-refractivity contribution in [2.45, 2.75) is 141 Å². The van der Waals surface area contributed by atoms with Crippen LogP contribution >= 0.6 is 47.0 Å². The molecular weight excluding hydrogens is 857 g/mol. The molecule has 0 heterocycles. The Morgan fingerprint density at radius 2 is 1.14 bits per heavy atom. The smallest absolute Gasteiger partial charge is 0.223 e. The van der Waals surface area contributed by atoms with E-state index in [4.69, 9.17) is 0 Å². The minimum atomic E-state index is 0.130. The number of hydrogen-bond donors (Lipinski definition) is 2. The molecular formula is C51H102N6O2S4. The van der Waals surface area contributed by atoms with E-state index in [9.17, 15) is 9.59 Å². The van der Waals surface area contributed by atoms with E-state index in [1.807, 2.05) is 0 Å². The average molecular weight is 960 g/mol. The molecule has 2 amide bonds. The second kappa shape index (κ2) is 32.8. The molecule has 0 aromatic rings. The third kappa shape index (κ3) is 24.3. The maximum Gasteiger partial charge on any atom is 0.223 e. The number of rotatable bonds is 34. The molecule has 2 aliphatic carbocycles. The Balaban J connectivity index is 1.80. The van der Waals surface area contributed by atoms with Crippen molar-refractivity contribution in [3.8, 4) is 0 Å². The van der Waals surface area contributed by atoms with Crippen LogP contribution in [0.25, 0.3) is 0 Å². The minimum absolute atomic E-state index is 0.130. The van der Waals surface area contributed by atoms with E-state index in [0.717, 1.165) is 114 Å². The van der Waals surface area contributed by atoms with Gasteiger partial charge in [-0.2, -0.15) is 47.0 Å². The lowest BCUT2D eigenvalue weighted by Crippen LogP contribution is -2.45. The summed E-state index contributed by atoms with van der Waals surface area (Å²) in [6.45, 7) is 20.7. The van der Waals surface area contributed by atoms with Crippen molar-refractivity contribution in [3.63, 3.8) is 0 Å². The Labute approximate surface area is 408 Å². The van der Waals surface area contributed by atoms with E-state index in [0.29, 0.717) is 45.3 Å². The van der Waals surface area contributed by atoms with Crippen LogP contribution in [0.15, 0.2) is 0 Å². The topological polar surface area (TPSA) is 71.2 Å². The van der Waals surface area contributed by atoms with E-state index in [1.54, 1.807) is 0 Å². The third-order valence-electron chi connectivity index (χ3n) is 14.5. The summed E-state index contributed by atoms with van der Waals surface area (Å²) in [5, 5.41) is 8.68. The summed E-state index contributed by atoms with van der Waals surface area (Å²) in [7, 11) is 17.3. The van der Waals surface area contributed by atoms with E-state index in [2.05, 4.69) is 175 Å². The first-order valence-corrected chi connectivity index (χ1v) is 29.7. The molecule has 2 saturated carbocycles. The Kier molecular flexibility index (Phi) is 30.9. The number of carbonyl (C=O) groups excluding carboxylic acids is 2. The number of nitrogens with zero attached hydrogens (tertiary/aromatic N) is 4. The highest BCUT2D eigenvalue weighted by Gasteiger charge is 2.45. The van der Waals surface area contributed by atoms with E-state index >= 15 is 0 Å². The lowest BCUT2D eigenvalue weighted by molar-refractivity contribution is -0.128. The van der Waals surface area contributed by atoms with Crippen LogP contribution in [-0.4, -0.2) is 172 Å². The van der Waals surface area contributed by atoms with Gasteiger partial charge in [-0.25, -0.2) is 0 Å². The van der Waals surface area contributed by atoms with Gasteiger partial charge in [0.15, 0.2) is 0 Å². The lowest BCUT2D eigenvalue weighted by Gasteiger charge is -2.49. The van der Waals surface area contributed by atoms with Crippen LogP contribution in [0.1, 0.15) is 125 Å².